The van der Waals surface area contributed by atoms with Crippen LogP contribution in [0.3, 0.4) is 0 Å². The summed E-state index contributed by atoms with van der Waals surface area (Å²) in [6, 6.07) is 7.41. The van der Waals surface area contributed by atoms with Crippen molar-refractivity contribution in [3.63, 3.8) is 0 Å². The molecule has 0 spiro atoms. The van der Waals surface area contributed by atoms with E-state index < -0.39 is 21.1 Å². The van der Waals surface area contributed by atoms with E-state index in [-0.39, 0.29) is 12.2 Å². The number of carboxylic acids is 1. The topological polar surface area (TPSA) is 71.4 Å². The lowest BCUT2D eigenvalue weighted by Gasteiger charge is -2.11. The second kappa shape index (κ2) is 6.19. The molecule has 0 aliphatic heterocycles. The number of sulfone groups is 1. The Bertz CT molecular complexity index is 529. The fourth-order valence-corrected chi connectivity index (χ4v) is 3.08. The highest BCUT2D eigenvalue weighted by molar-refractivity contribution is 7.91. The van der Waals surface area contributed by atoms with Crippen molar-refractivity contribution in [2.45, 2.75) is 44.1 Å². The predicted octanol–water partition coefficient (Wildman–Crippen LogP) is 2.59. The SMILES string of the molecule is CC(C)c1ccc(CS(=O)(=O)C(C)CC(=O)O)cc1. The highest BCUT2D eigenvalue weighted by Gasteiger charge is 2.23. The first-order chi connectivity index (χ1) is 8.72. The van der Waals surface area contributed by atoms with Gasteiger partial charge in [0, 0.05) is 0 Å². The van der Waals surface area contributed by atoms with Gasteiger partial charge in [-0.05, 0) is 24.0 Å². The lowest BCUT2D eigenvalue weighted by molar-refractivity contribution is -0.136. The van der Waals surface area contributed by atoms with Gasteiger partial charge in [-0.3, -0.25) is 4.79 Å². The van der Waals surface area contributed by atoms with Crippen LogP contribution >= 0.6 is 0 Å². The van der Waals surface area contributed by atoms with Crippen molar-refractivity contribution in [2.24, 2.45) is 0 Å². The summed E-state index contributed by atoms with van der Waals surface area (Å²) in [6.07, 6.45) is -0.355. The molecular formula is C14H20O4S. The molecule has 0 saturated carbocycles. The number of rotatable bonds is 6. The molecule has 1 atom stereocenters. The summed E-state index contributed by atoms with van der Waals surface area (Å²) in [7, 11) is -3.42. The normalized spacial score (nSPS) is 13.5. The number of hydrogen-bond donors (Lipinski definition) is 1. The molecule has 4 nitrogen and oxygen atoms in total. The summed E-state index contributed by atoms with van der Waals surface area (Å²) < 4.78 is 24.0. The molecule has 1 unspecified atom stereocenters. The Kier molecular flexibility index (Phi) is 5.11. The first kappa shape index (κ1) is 15.7. The van der Waals surface area contributed by atoms with Crippen molar-refractivity contribution >= 4 is 15.8 Å². The van der Waals surface area contributed by atoms with Crippen molar-refractivity contribution in [1.29, 1.82) is 0 Å². The monoisotopic (exact) mass is 284 g/mol. The average molecular weight is 284 g/mol. The lowest BCUT2D eigenvalue weighted by atomic mass is 10.0. The maximum atomic E-state index is 12.0. The van der Waals surface area contributed by atoms with E-state index in [4.69, 9.17) is 5.11 Å². The van der Waals surface area contributed by atoms with Crippen LogP contribution in [-0.4, -0.2) is 24.7 Å². The Hall–Kier alpha value is -1.36. The molecule has 1 aromatic rings. The zero-order valence-corrected chi connectivity index (χ0v) is 12.3. The highest BCUT2D eigenvalue weighted by atomic mass is 32.2. The summed E-state index contributed by atoms with van der Waals surface area (Å²) in [5.41, 5.74) is 1.85. The quantitative estimate of drug-likeness (QED) is 0.871. The van der Waals surface area contributed by atoms with Gasteiger partial charge in [0.15, 0.2) is 9.84 Å². The zero-order valence-electron chi connectivity index (χ0n) is 11.5. The number of carboxylic acid groups (broad SMARTS) is 1. The molecule has 0 fully saturated rings. The molecular weight excluding hydrogens is 264 g/mol. The van der Waals surface area contributed by atoms with E-state index in [1.807, 2.05) is 12.1 Å². The Morgan fingerprint density at radius 3 is 2.11 bits per heavy atom. The molecule has 1 N–H and O–H groups in total. The van der Waals surface area contributed by atoms with Crippen LogP contribution in [0.25, 0.3) is 0 Å². The number of hydrogen-bond acceptors (Lipinski definition) is 3. The summed E-state index contributed by atoms with van der Waals surface area (Å²) in [4.78, 5) is 10.6. The number of aliphatic carboxylic acids is 1. The lowest BCUT2D eigenvalue weighted by Crippen LogP contribution is -2.22. The van der Waals surface area contributed by atoms with Gasteiger partial charge in [-0.15, -0.1) is 0 Å². The van der Waals surface area contributed by atoms with E-state index in [9.17, 15) is 13.2 Å². The third-order valence-corrected chi connectivity index (χ3v) is 5.22. The molecule has 0 heterocycles. The van der Waals surface area contributed by atoms with Crippen LogP contribution in [0.1, 0.15) is 44.2 Å². The van der Waals surface area contributed by atoms with Crippen LogP contribution in [0, 0.1) is 0 Å². The second-order valence-electron chi connectivity index (χ2n) is 5.11. The maximum absolute atomic E-state index is 12.0. The third kappa shape index (κ3) is 4.67. The number of carbonyl (C=O) groups is 1. The Balaban J connectivity index is 2.80. The molecule has 0 aromatic heterocycles. The minimum absolute atomic E-state index is 0.111. The largest absolute Gasteiger partial charge is 0.481 e. The van der Waals surface area contributed by atoms with Crippen LogP contribution in [-0.2, 0) is 20.4 Å². The molecule has 1 rings (SSSR count). The summed E-state index contributed by atoms with van der Waals surface area (Å²) in [5.74, 6) is -0.803. The Morgan fingerprint density at radius 1 is 1.16 bits per heavy atom. The molecule has 0 bridgehead atoms. The van der Waals surface area contributed by atoms with Gasteiger partial charge in [-0.2, -0.15) is 0 Å². The van der Waals surface area contributed by atoms with E-state index >= 15 is 0 Å². The maximum Gasteiger partial charge on any atom is 0.304 e. The van der Waals surface area contributed by atoms with Crippen molar-refractivity contribution in [2.75, 3.05) is 0 Å². The van der Waals surface area contributed by atoms with E-state index in [0.29, 0.717) is 11.5 Å². The molecule has 0 radical (unpaired) electrons. The van der Waals surface area contributed by atoms with Crippen molar-refractivity contribution in [1.82, 2.24) is 0 Å². The fraction of sp³-hybridized carbons (Fsp3) is 0.500. The van der Waals surface area contributed by atoms with Crippen molar-refractivity contribution in [3.05, 3.63) is 35.4 Å². The summed E-state index contributed by atoms with van der Waals surface area (Å²) in [5, 5.41) is 7.78. The smallest absolute Gasteiger partial charge is 0.304 e. The standard InChI is InChI=1S/C14H20O4S/c1-10(2)13-6-4-12(5-7-13)9-19(17,18)11(3)8-14(15)16/h4-7,10-11H,8-9H2,1-3H3,(H,15,16). The van der Waals surface area contributed by atoms with Gasteiger partial charge in [0.05, 0.1) is 17.4 Å². The van der Waals surface area contributed by atoms with Gasteiger partial charge >= 0.3 is 5.97 Å². The molecule has 0 aliphatic carbocycles. The zero-order chi connectivity index (χ0) is 14.6. The van der Waals surface area contributed by atoms with Crippen molar-refractivity contribution < 1.29 is 18.3 Å². The van der Waals surface area contributed by atoms with Gasteiger partial charge in [-0.1, -0.05) is 38.1 Å². The summed E-state index contributed by atoms with van der Waals surface area (Å²) in [6.45, 7) is 5.58. The molecule has 0 aliphatic rings. The van der Waals surface area contributed by atoms with Crippen LogP contribution < -0.4 is 0 Å². The van der Waals surface area contributed by atoms with Crippen molar-refractivity contribution in [3.8, 4) is 0 Å². The highest BCUT2D eigenvalue weighted by Crippen LogP contribution is 2.18. The minimum Gasteiger partial charge on any atom is -0.481 e. The fourth-order valence-electron chi connectivity index (χ4n) is 1.75. The van der Waals surface area contributed by atoms with Crippen LogP contribution in [0.5, 0.6) is 0 Å². The summed E-state index contributed by atoms with van der Waals surface area (Å²) >= 11 is 0. The second-order valence-corrected chi connectivity index (χ2v) is 7.53. The van der Waals surface area contributed by atoms with Gasteiger partial charge in [-0.25, -0.2) is 8.42 Å². The molecule has 19 heavy (non-hydrogen) atoms. The van der Waals surface area contributed by atoms with E-state index in [1.54, 1.807) is 12.1 Å². The minimum atomic E-state index is -3.42. The van der Waals surface area contributed by atoms with Crippen LogP contribution in [0.15, 0.2) is 24.3 Å². The van der Waals surface area contributed by atoms with Gasteiger partial charge in [0.1, 0.15) is 0 Å². The molecule has 5 heteroatoms. The molecule has 1 aromatic carbocycles. The van der Waals surface area contributed by atoms with Crippen LogP contribution in [0.2, 0.25) is 0 Å². The Labute approximate surface area is 114 Å². The molecule has 0 amide bonds. The van der Waals surface area contributed by atoms with Gasteiger partial charge in [0.2, 0.25) is 0 Å². The third-order valence-electron chi connectivity index (χ3n) is 3.09. The predicted molar refractivity (Wildman–Crippen MR) is 74.9 cm³/mol. The first-order valence-corrected chi connectivity index (χ1v) is 7.96. The van der Waals surface area contributed by atoms with Gasteiger partial charge in [0.25, 0.3) is 0 Å². The number of benzene rings is 1. The molecule has 106 valence electrons. The van der Waals surface area contributed by atoms with Gasteiger partial charge < -0.3 is 5.11 Å². The average Bonchev–Trinajstić information content (AvgIpc) is 2.28. The first-order valence-electron chi connectivity index (χ1n) is 6.24. The van der Waals surface area contributed by atoms with Crippen LogP contribution in [0.4, 0.5) is 0 Å². The Morgan fingerprint density at radius 2 is 1.68 bits per heavy atom. The van der Waals surface area contributed by atoms with E-state index in [2.05, 4.69) is 13.8 Å². The van der Waals surface area contributed by atoms with E-state index in [1.165, 1.54) is 6.92 Å². The molecule has 0 saturated heterocycles. The van der Waals surface area contributed by atoms with E-state index in [0.717, 1.165) is 5.56 Å².